The lowest BCUT2D eigenvalue weighted by Crippen LogP contribution is -2.11. The van der Waals surface area contributed by atoms with Crippen molar-refractivity contribution < 1.29 is 9.53 Å². The Hall–Kier alpha value is -2.37. The van der Waals surface area contributed by atoms with Gasteiger partial charge >= 0.3 is 5.97 Å². The van der Waals surface area contributed by atoms with Crippen molar-refractivity contribution in [3.63, 3.8) is 0 Å². The summed E-state index contributed by atoms with van der Waals surface area (Å²) in [4.78, 5) is 15.7. The van der Waals surface area contributed by atoms with Gasteiger partial charge in [-0.05, 0) is 18.2 Å². The molecule has 0 atom stereocenters. The van der Waals surface area contributed by atoms with Gasteiger partial charge in [-0.3, -0.25) is 4.68 Å². The summed E-state index contributed by atoms with van der Waals surface area (Å²) in [5.74, 6) is 0.0983. The Balaban J connectivity index is 2.14. The van der Waals surface area contributed by atoms with E-state index in [4.69, 9.17) is 4.74 Å². The predicted octanol–water partition coefficient (Wildman–Crippen LogP) is 1.21. The smallest absolute Gasteiger partial charge is 0.341 e. The maximum Gasteiger partial charge on any atom is 0.341 e. The van der Waals surface area contributed by atoms with Gasteiger partial charge in [0, 0.05) is 19.4 Å². The molecule has 94 valence electrons. The largest absolute Gasteiger partial charge is 0.465 e. The molecule has 6 heteroatoms. The van der Waals surface area contributed by atoms with Crippen molar-refractivity contribution in [2.24, 2.45) is 7.05 Å². The van der Waals surface area contributed by atoms with Gasteiger partial charge in [-0.25, -0.2) is 9.78 Å². The van der Waals surface area contributed by atoms with Crippen molar-refractivity contribution in [2.75, 3.05) is 12.4 Å². The van der Waals surface area contributed by atoms with Crippen LogP contribution in [0.4, 0.5) is 5.82 Å². The van der Waals surface area contributed by atoms with Crippen LogP contribution in [0.1, 0.15) is 16.1 Å². The Morgan fingerprint density at radius 3 is 2.94 bits per heavy atom. The Morgan fingerprint density at radius 1 is 1.44 bits per heavy atom. The highest BCUT2D eigenvalue weighted by Gasteiger charge is 2.12. The third-order valence-corrected chi connectivity index (χ3v) is 2.57. The molecule has 0 unspecified atom stereocenters. The number of esters is 1. The lowest BCUT2D eigenvalue weighted by Gasteiger charge is -2.09. The van der Waals surface area contributed by atoms with Crippen molar-refractivity contribution in [1.29, 1.82) is 0 Å². The lowest BCUT2D eigenvalue weighted by atomic mass is 10.2. The van der Waals surface area contributed by atoms with Gasteiger partial charge in [-0.2, -0.15) is 5.10 Å². The molecule has 0 saturated carbocycles. The summed E-state index contributed by atoms with van der Waals surface area (Å²) in [5, 5.41) is 7.17. The Labute approximate surface area is 105 Å². The van der Waals surface area contributed by atoms with Crippen LogP contribution < -0.4 is 5.32 Å². The minimum absolute atomic E-state index is 0.407. The Morgan fingerprint density at radius 2 is 2.28 bits per heavy atom. The molecular formula is C12H14N4O2. The number of carbonyl (C=O) groups is 1. The highest BCUT2D eigenvalue weighted by Crippen LogP contribution is 2.13. The molecule has 2 aromatic rings. The number of aryl methyl sites for hydroxylation is 1. The summed E-state index contributed by atoms with van der Waals surface area (Å²) < 4.78 is 6.46. The highest BCUT2D eigenvalue weighted by molar-refractivity contribution is 5.94. The average Bonchev–Trinajstić information content (AvgIpc) is 2.81. The van der Waals surface area contributed by atoms with E-state index < -0.39 is 5.97 Å². The van der Waals surface area contributed by atoms with E-state index in [-0.39, 0.29) is 0 Å². The molecule has 0 amide bonds. The SMILES string of the molecule is COC(=O)c1cccnc1NCc1ccnn1C. The highest BCUT2D eigenvalue weighted by atomic mass is 16.5. The summed E-state index contributed by atoms with van der Waals surface area (Å²) in [7, 11) is 3.21. The zero-order valence-corrected chi connectivity index (χ0v) is 10.3. The minimum Gasteiger partial charge on any atom is -0.465 e. The van der Waals surface area contributed by atoms with Crippen molar-refractivity contribution in [3.8, 4) is 0 Å². The number of methoxy groups -OCH3 is 1. The Bertz CT molecular complexity index is 551. The molecule has 2 heterocycles. The van der Waals surface area contributed by atoms with E-state index in [1.165, 1.54) is 7.11 Å². The first-order valence-corrected chi connectivity index (χ1v) is 5.46. The summed E-state index contributed by atoms with van der Waals surface area (Å²) in [5.41, 5.74) is 1.42. The van der Waals surface area contributed by atoms with Crippen LogP contribution in [0.2, 0.25) is 0 Å². The van der Waals surface area contributed by atoms with Gasteiger partial charge in [0.25, 0.3) is 0 Å². The van der Waals surface area contributed by atoms with Crippen LogP contribution >= 0.6 is 0 Å². The average molecular weight is 246 g/mol. The van der Waals surface area contributed by atoms with E-state index in [2.05, 4.69) is 15.4 Å². The number of hydrogen-bond acceptors (Lipinski definition) is 5. The summed E-state index contributed by atoms with van der Waals surface area (Å²) >= 11 is 0. The predicted molar refractivity (Wildman–Crippen MR) is 66.1 cm³/mol. The number of aromatic nitrogens is 3. The van der Waals surface area contributed by atoms with Gasteiger partial charge in [0.05, 0.1) is 19.3 Å². The summed E-state index contributed by atoms with van der Waals surface area (Å²) in [6.45, 7) is 0.539. The Kier molecular flexibility index (Phi) is 3.57. The first kappa shape index (κ1) is 12.1. The molecule has 2 aromatic heterocycles. The van der Waals surface area contributed by atoms with E-state index >= 15 is 0 Å². The molecule has 1 N–H and O–H groups in total. The monoisotopic (exact) mass is 246 g/mol. The van der Waals surface area contributed by atoms with Crippen LogP contribution in [0.25, 0.3) is 0 Å². The molecule has 0 fully saturated rings. The van der Waals surface area contributed by atoms with E-state index in [0.717, 1.165) is 5.69 Å². The summed E-state index contributed by atoms with van der Waals surface area (Å²) in [6, 6.07) is 5.26. The molecule has 18 heavy (non-hydrogen) atoms. The third kappa shape index (κ3) is 2.48. The van der Waals surface area contributed by atoms with Gasteiger partial charge < -0.3 is 10.1 Å². The molecule has 0 aliphatic rings. The minimum atomic E-state index is -0.407. The quantitative estimate of drug-likeness (QED) is 0.821. The normalized spacial score (nSPS) is 10.1. The fourth-order valence-corrected chi connectivity index (χ4v) is 1.57. The van der Waals surface area contributed by atoms with Gasteiger partial charge in [-0.15, -0.1) is 0 Å². The van der Waals surface area contributed by atoms with E-state index in [1.54, 1.807) is 29.2 Å². The van der Waals surface area contributed by atoms with Crippen molar-refractivity contribution in [2.45, 2.75) is 6.54 Å². The van der Waals surface area contributed by atoms with Crippen LogP contribution in [0, 0.1) is 0 Å². The standard InChI is InChI=1S/C12H14N4O2/c1-16-9(5-7-15-16)8-14-11-10(12(17)18-2)4-3-6-13-11/h3-7H,8H2,1-2H3,(H,13,14). The van der Waals surface area contributed by atoms with Gasteiger partial charge in [0.2, 0.25) is 0 Å². The van der Waals surface area contributed by atoms with Crippen LogP contribution in [0.5, 0.6) is 0 Å². The zero-order chi connectivity index (χ0) is 13.0. The van der Waals surface area contributed by atoms with Gasteiger partial charge in [0.15, 0.2) is 0 Å². The van der Waals surface area contributed by atoms with E-state index in [0.29, 0.717) is 17.9 Å². The molecule has 0 aromatic carbocycles. The molecular weight excluding hydrogens is 232 g/mol. The fraction of sp³-hybridized carbons (Fsp3) is 0.250. The number of anilines is 1. The second kappa shape index (κ2) is 5.31. The third-order valence-electron chi connectivity index (χ3n) is 2.57. The number of hydrogen-bond donors (Lipinski definition) is 1. The van der Waals surface area contributed by atoms with Crippen molar-refractivity contribution >= 4 is 11.8 Å². The number of rotatable bonds is 4. The van der Waals surface area contributed by atoms with Gasteiger partial charge in [-0.1, -0.05) is 0 Å². The number of nitrogens with one attached hydrogen (secondary N) is 1. The van der Waals surface area contributed by atoms with Crippen molar-refractivity contribution in [1.82, 2.24) is 14.8 Å². The van der Waals surface area contributed by atoms with Crippen LogP contribution in [-0.2, 0) is 18.3 Å². The maximum absolute atomic E-state index is 11.5. The van der Waals surface area contributed by atoms with Crippen LogP contribution in [-0.4, -0.2) is 27.8 Å². The number of pyridine rings is 1. The first-order valence-electron chi connectivity index (χ1n) is 5.46. The molecule has 0 spiro atoms. The second-order valence-corrected chi connectivity index (χ2v) is 3.69. The number of nitrogens with zero attached hydrogens (tertiary/aromatic N) is 3. The molecule has 6 nitrogen and oxygen atoms in total. The molecule has 0 saturated heterocycles. The topological polar surface area (TPSA) is 69.0 Å². The van der Waals surface area contributed by atoms with Crippen molar-refractivity contribution in [3.05, 3.63) is 41.9 Å². The van der Waals surface area contributed by atoms with Crippen LogP contribution in [0.3, 0.4) is 0 Å². The zero-order valence-electron chi connectivity index (χ0n) is 10.3. The lowest BCUT2D eigenvalue weighted by molar-refractivity contribution is 0.0601. The van der Waals surface area contributed by atoms with Crippen LogP contribution in [0.15, 0.2) is 30.6 Å². The molecule has 0 radical (unpaired) electrons. The van der Waals surface area contributed by atoms with E-state index in [9.17, 15) is 4.79 Å². The molecule has 2 rings (SSSR count). The molecule has 0 aliphatic heterocycles. The van der Waals surface area contributed by atoms with Gasteiger partial charge in [0.1, 0.15) is 11.4 Å². The first-order chi connectivity index (χ1) is 8.72. The summed E-state index contributed by atoms with van der Waals surface area (Å²) in [6.07, 6.45) is 3.34. The van der Waals surface area contributed by atoms with E-state index in [1.807, 2.05) is 13.1 Å². The second-order valence-electron chi connectivity index (χ2n) is 3.69. The number of carbonyl (C=O) groups excluding carboxylic acids is 1. The number of ether oxygens (including phenoxy) is 1. The molecule has 0 bridgehead atoms. The maximum atomic E-state index is 11.5. The molecule has 0 aliphatic carbocycles. The fourth-order valence-electron chi connectivity index (χ4n) is 1.57.